The van der Waals surface area contributed by atoms with E-state index < -0.39 is 12.2 Å². The number of carbonyl (C=O) groups excluding carboxylic acids is 1. The standard InChI is InChI=1S/C15H24O3/c1-9(2)11-4-5-15(7-11)10(3)14(18)13(17)6-12(15)8-16/h8,10-14,17-18H,1,4-7H2,2-3H3/t10-,11+,12+,13-,14+,15-/m0/s1. The molecule has 0 heterocycles. The number of hydrogen-bond acceptors (Lipinski definition) is 3. The van der Waals surface area contributed by atoms with Gasteiger partial charge in [-0.1, -0.05) is 19.1 Å². The molecule has 0 radical (unpaired) electrons. The summed E-state index contributed by atoms with van der Waals surface area (Å²) < 4.78 is 0. The maximum absolute atomic E-state index is 11.4. The minimum Gasteiger partial charge on any atom is -0.390 e. The highest BCUT2D eigenvalue weighted by molar-refractivity contribution is 5.56. The van der Waals surface area contributed by atoms with E-state index in [0.29, 0.717) is 12.3 Å². The van der Waals surface area contributed by atoms with Crippen molar-refractivity contribution in [3.05, 3.63) is 12.2 Å². The lowest BCUT2D eigenvalue weighted by Crippen LogP contribution is -2.52. The van der Waals surface area contributed by atoms with Crippen molar-refractivity contribution in [2.24, 2.45) is 23.2 Å². The number of aliphatic hydroxyl groups is 2. The smallest absolute Gasteiger partial charge is 0.123 e. The van der Waals surface area contributed by atoms with Crippen LogP contribution >= 0.6 is 0 Å². The molecule has 0 aromatic carbocycles. The van der Waals surface area contributed by atoms with Crippen molar-refractivity contribution in [3.63, 3.8) is 0 Å². The maximum Gasteiger partial charge on any atom is 0.123 e. The number of allylic oxidation sites excluding steroid dienone is 1. The number of aldehydes is 1. The zero-order chi connectivity index (χ0) is 13.5. The molecule has 0 aliphatic heterocycles. The Balaban J connectivity index is 2.28. The highest BCUT2D eigenvalue weighted by Crippen LogP contribution is 2.57. The molecule has 1 spiro atoms. The Morgan fingerprint density at radius 3 is 2.61 bits per heavy atom. The summed E-state index contributed by atoms with van der Waals surface area (Å²) in [6.07, 6.45) is 2.86. The second kappa shape index (κ2) is 4.78. The molecule has 18 heavy (non-hydrogen) atoms. The van der Waals surface area contributed by atoms with Gasteiger partial charge >= 0.3 is 0 Å². The van der Waals surface area contributed by atoms with Crippen LogP contribution in [-0.4, -0.2) is 28.7 Å². The second-order valence-corrected chi connectivity index (χ2v) is 6.34. The van der Waals surface area contributed by atoms with Crippen LogP contribution in [0.2, 0.25) is 0 Å². The lowest BCUT2D eigenvalue weighted by Gasteiger charge is -2.48. The summed E-state index contributed by atoms with van der Waals surface area (Å²) in [5, 5.41) is 20.0. The summed E-state index contributed by atoms with van der Waals surface area (Å²) in [4.78, 5) is 11.4. The first-order valence-corrected chi connectivity index (χ1v) is 6.89. The van der Waals surface area contributed by atoms with Crippen molar-refractivity contribution >= 4 is 6.29 Å². The van der Waals surface area contributed by atoms with Crippen molar-refractivity contribution in [1.29, 1.82) is 0 Å². The van der Waals surface area contributed by atoms with E-state index in [4.69, 9.17) is 0 Å². The van der Waals surface area contributed by atoms with Crippen LogP contribution in [0.3, 0.4) is 0 Å². The van der Waals surface area contributed by atoms with Gasteiger partial charge < -0.3 is 15.0 Å². The van der Waals surface area contributed by atoms with E-state index in [2.05, 4.69) is 6.58 Å². The predicted octanol–water partition coefficient (Wildman–Crippen LogP) is 1.93. The van der Waals surface area contributed by atoms with Crippen molar-refractivity contribution in [2.75, 3.05) is 0 Å². The van der Waals surface area contributed by atoms with E-state index in [-0.39, 0.29) is 17.3 Å². The Morgan fingerprint density at radius 2 is 2.11 bits per heavy atom. The van der Waals surface area contributed by atoms with Gasteiger partial charge in [0.25, 0.3) is 0 Å². The minimum atomic E-state index is -0.760. The molecule has 0 bridgehead atoms. The van der Waals surface area contributed by atoms with Gasteiger partial charge in [0.15, 0.2) is 0 Å². The van der Waals surface area contributed by atoms with Crippen molar-refractivity contribution < 1.29 is 15.0 Å². The fraction of sp³-hybridized carbons (Fsp3) is 0.800. The first-order chi connectivity index (χ1) is 8.42. The van der Waals surface area contributed by atoms with Crippen LogP contribution in [-0.2, 0) is 4.79 Å². The van der Waals surface area contributed by atoms with E-state index in [9.17, 15) is 15.0 Å². The van der Waals surface area contributed by atoms with E-state index in [0.717, 1.165) is 25.5 Å². The van der Waals surface area contributed by atoms with Crippen LogP contribution in [0.25, 0.3) is 0 Å². The zero-order valence-electron chi connectivity index (χ0n) is 11.3. The number of carbonyl (C=O) groups is 1. The highest BCUT2D eigenvalue weighted by Gasteiger charge is 2.55. The third kappa shape index (κ3) is 1.94. The first-order valence-electron chi connectivity index (χ1n) is 6.89. The Bertz CT molecular complexity index is 352. The van der Waals surface area contributed by atoms with Gasteiger partial charge in [-0.25, -0.2) is 0 Å². The number of hydrogen-bond donors (Lipinski definition) is 2. The molecule has 0 amide bonds. The van der Waals surface area contributed by atoms with Crippen LogP contribution < -0.4 is 0 Å². The van der Waals surface area contributed by atoms with E-state index in [1.807, 2.05) is 13.8 Å². The summed E-state index contributed by atoms with van der Waals surface area (Å²) in [7, 11) is 0. The normalized spacial score (nSPS) is 48.3. The second-order valence-electron chi connectivity index (χ2n) is 6.34. The Labute approximate surface area is 109 Å². The molecule has 3 nitrogen and oxygen atoms in total. The molecule has 102 valence electrons. The van der Waals surface area contributed by atoms with Gasteiger partial charge in [-0.15, -0.1) is 0 Å². The molecule has 0 aromatic rings. The molecule has 0 saturated heterocycles. The van der Waals surface area contributed by atoms with Crippen molar-refractivity contribution in [3.8, 4) is 0 Å². The summed E-state index contributed by atoms with van der Waals surface area (Å²) in [6, 6.07) is 0. The maximum atomic E-state index is 11.4. The summed E-state index contributed by atoms with van der Waals surface area (Å²) >= 11 is 0. The van der Waals surface area contributed by atoms with Gasteiger partial charge in [-0.2, -0.15) is 0 Å². The predicted molar refractivity (Wildman–Crippen MR) is 69.9 cm³/mol. The van der Waals surface area contributed by atoms with Gasteiger partial charge in [0.1, 0.15) is 6.29 Å². The molecular weight excluding hydrogens is 228 g/mol. The molecule has 6 atom stereocenters. The average molecular weight is 252 g/mol. The topological polar surface area (TPSA) is 57.5 Å². The lowest BCUT2D eigenvalue weighted by molar-refractivity contribution is -0.142. The van der Waals surface area contributed by atoms with Gasteiger partial charge in [-0.05, 0) is 49.9 Å². The molecule has 2 rings (SSSR count). The Hall–Kier alpha value is -0.670. The molecule has 2 aliphatic rings. The molecule has 2 fully saturated rings. The molecule has 0 aromatic heterocycles. The monoisotopic (exact) mass is 252 g/mol. The summed E-state index contributed by atoms with van der Waals surface area (Å²) in [5.74, 6) is 0.299. The van der Waals surface area contributed by atoms with Gasteiger partial charge in [0.2, 0.25) is 0 Å². The zero-order valence-corrected chi connectivity index (χ0v) is 11.3. The summed E-state index contributed by atoms with van der Waals surface area (Å²) in [6.45, 7) is 8.04. The lowest BCUT2D eigenvalue weighted by atomic mass is 9.58. The van der Waals surface area contributed by atoms with Crippen LogP contribution in [0.5, 0.6) is 0 Å². The fourth-order valence-corrected chi connectivity index (χ4v) is 4.11. The third-order valence-corrected chi connectivity index (χ3v) is 5.49. The van der Waals surface area contributed by atoms with Gasteiger partial charge in [0.05, 0.1) is 12.2 Å². The molecule has 3 heteroatoms. The average Bonchev–Trinajstić information content (AvgIpc) is 2.78. The molecule has 2 saturated carbocycles. The SMILES string of the molecule is C=C(C)[C@@H]1CC[C@@]2(C1)[C@@H](C=O)C[C@H](O)[C@H](O)[C@@H]2C. The first kappa shape index (κ1) is 13.8. The number of rotatable bonds is 2. The number of aliphatic hydroxyl groups excluding tert-OH is 2. The van der Waals surface area contributed by atoms with E-state index in [1.54, 1.807) is 0 Å². The summed E-state index contributed by atoms with van der Waals surface area (Å²) in [5.41, 5.74) is 1.04. The highest BCUT2D eigenvalue weighted by atomic mass is 16.3. The minimum absolute atomic E-state index is 0.0270. The molecule has 0 unspecified atom stereocenters. The van der Waals surface area contributed by atoms with Crippen LogP contribution in [0.4, 0.5) is 0 Å². The van der Waals surface area contributed by atoms with E-state index in [1.165, 1.54) is 5.57 Å². The third-order valence-electron chi connectivity index (χ3n) is 5.49. The molecular formula is C15H24O3. The Morgan fingerprint density at radius 1 is 1.44 bits per heavy atom. The van der Waals surface area contributed by atoms with Crippen molar-refractivity contribution in [2.45, 2.75) is 51.7 Å². The van der Waals surface area contributed by atoms with Crippen LogP contribution in [0.1, 0.15) is 39.5 Å². The van der Waals surface area contributed by atoms with Crippen LogP contribution in [0, 0.1) is 23.2 Å². The van der Waals surface area contributed by atoms with Crippen molar-refractivity contribution in [1.82, 2.24) is 0 Å². The van der Waals surface area contributed by atoms with Gasteiger partial charge in [0, 0.05) is 5.92 Å². The van der Waals surface area contributed by atoms with Crippen LogP contribution in [0.15, 0.2) is 12.2 Å². The van der Waals surface area contributed by atoms with E-state index >= 15 is 0 Å². The fourth-order valence-electron chi connectivity index (χ4n) is 4.11. The van der Waals surface area contributed by atoms with Gasteiger partial charge in [-0.3, -0.25) is 0 Å². The largest absolute Gasteiger partial charge is 0.390 e. The molecule has 2 aliphatic carbocycles. The Kier molecular flexibility index (Phi) is 3.65. The quantitative estimate of drug-likeness (QED) is 0.583. The molecule has 2 N–H and O–H groups in total.